The SMILES string of the molecule is Cc1nc(=O)c(O)c2n1[C@@H](C(c1ccccc1)c1ccccc1)CN(C(C)C)C2=O. The third-order valence-electron chi connectivity index (χ3n) is 5.78. The Morgan fingerprint density at radius 2 is 1.50 bits per heavy atom. The van der Waals surface area contributed by atoms with Crippen LogP contribution < -0.4 is 5.56 Å². The van der Waals surface area contributed by atoms with Crippen molar-refractivity contribution < 1.29 is 9.90 Å². The lowest BCUT2D eigenvalue weighted by molar-refractivity contribution is 0.0582. The van der Waals surface area contributed by atoms with Crippen molar-refractivity contribution in [1.29, 1.82) is 0 Å². The van der Waals surface area contributed by atoms with E-state index in [1.807, 2.05) is 50.2 Å². The highest BCUT2D eigenvalue weighted by molar-refractivity contribution is 5.96. The fourth-order valence-corrected chi connectivity index (χ4v) is 4.40. The van der Waals surface area contributed by atoms with Crippen LogP contribution in [-0.4, -0.2) is 38.1 Å². The van der Waals surface area contributed by atoms with Crippen molar-refractivity contribution in [2.75, 3.05) is 6.54 Å². The summed E-state index contributed by atoms with van der Waals surface area (Å²) in [5, 5.41) is 10.5. The van der Waals surface area contributed by atoms with E-state index in [2.05, 4.69) is 29.2 Å². The monoisotopic (exact) mass is 403 g/mol. The van der Waals surface area contributed by atoms with Gasteiger partial charge in [-0.25, -0.2) is 0 Å². The van der Waals surface area contributed by atoms with E-state index in [1.165, 1.54) is 0 Å². The van der Waals surface area contributed by atoms with Crippen molar-refractivity contribution in [1.82, 2.24) is 14.5 Å². The van der Waals surface area contributed by atoms with Gasteiger partial charge in [0.2, 0.25) is 5.75 Å². The molecule has 0 saturated heterocycles. The molecule has 1 aliphatic heterocycles. The summed E-state index contributed by atoms with van der Waals surface area (Å²) < 4.78 is 1.75. The molecule has 0 spiro atoms. The number of rotatable bonds is 4. The molecular formula is C24H25N3O3. The lowest BCUT2D eigenvalue weighted by Gasteiger charge is -2.42. The van der Waals surface area contributed by atoms with Crippen molar-refractivity contribution >= 4 is 5.91 Å². The molecule has 1 amide bonds. The Labute approximate surface area is 175 Å². The molecule has 30 heavy (non-hydrogen) atoms. The minimum Gasteiger partial charge on any atom is -0.501 e. The zero-order chi connectivity index (χ0) is 21.4. The Hall–Kier alpha value is -3.41. The minimum atomic E-state index is -0.771. The summed E-state index contributed by atoms with van der Waals surface area (Å²) in [6.07, 6.45) is 0. The number of nitrogens with zero attached hydrogens (tertiary/aromatic N) is 3. The average Bonchev–Trinajstić information content (AvgIpc) is 2.74. The van der Waals surface area contributed by atoms with Crippen molar-refractivity contribution in [3.63, 3.8) is 0 Å². The highest BCUT2D eigenvalue weighted by Gasteiger charge is 2.40. The molecule has 0 saturated carbocycles. The van der Waals surface area contributed by atoms with Gasteiger partial charge in [-0.2, -0.15) is 4.98 Å². The van der Waals surface area contributed by atoms with Crippen molar-refractivity contribution in [3.8, 4) is 5.75 Å². The summed E-state index contributed by atoms with van der Waals surface area (Å²) in [5.41, 5.74) is 1.44. The Morgan fingerprint density at radius 3 is 2.00 bits per heavy atom. The van der Waals surface area contributed by atoms with Crippen LogP contribution in [0.5, 0.6) is 5.75 Å². The molecule has 0 radical (unpaired) electrons. The van der Waals surface area contributed by atoms with E-state index in [1.54, 1.807) is 16.4 Å². The molecule has 2 heterocycles. The molecule has 1 aliphatic rings. The number of carbonyl (C=O) groups excluding carboxylic acids is 1. The largest absolute Gasteiger partial charge is 0.501 e. The minimum absolute atomic E-state index is 0.0225. The van der Waals surface area contributed by atoms with Crippen molar-refractivity contribution in [2.24, 2.45) is 0 Å². The van der Waals surface area contributed by atoms with Gasteiger partial charge in [0.1, 0.15) is 5.82 Å². The molecule has 6 nitrogen and oxygen atoms in total. The van der Waals surface area contributed by atoms with Crippen LogP contribution in [0, 0.1) is 6.92 Å². The normalized spacial score (nSPS) is 16.2. The second-order valence-electron chi connectivity index (χ2n) is 7.95. The molecule has 0 bridgehead atoms. The van der Waals surface area contributed by atoms with E-state index < -0.39 is 11.3 Å². The van der Waals surface area contributed by atoms with Gasteiger partial charge in [0.25, 0.3) is 5.91 Å². The first-order valence-corrected chi connectivity index (χ1v) is 10.1. The van der Waals surface area contributed by atoms with Crippen LogP contribution in [0.3, 0.4) is 0 Å². The molecule has 0 aliphatic carbocycles. The molecular weight excluding hydrogens is 378 g/mol. The predicted molar refractivity (Wildman–Crippen MR) is 115 cm³/mol. The second kappa shape index (κ2) is 7.78. The van der Waals surface area contributed by atoms with Gasteiger partial charge in [0.05, 0.1) is 6.04 Å². The second-order valence-corrected chi connectivity index (χ2v) is 7.95. The number of aromatic nitrogens is 2. The maximum atomic E-state index is 13.2. The summed E-state index contributed by atoms with van der Waals surface area (Å²) in [6.45, 7) is 6.03. The lowest BCUT2D eigenvalue weighted by atomic mass is 9.83. The number of hydrogen-bond acceptors (Lipinski definition) is 4. The summed E-state index contributed by atoms with van der Waals surface area (Å²) in [5.74, 6) is -0.601. The first-order chi connectivity index (χ1) is 14.4. The van der Waals surface area contributed by atoms with Crippen LogP contribution in [-0.2, 0) is 0 Å². The molecule has 3 aromatic rings. The first-order valence-electron chi connectivity index (χ1n) is 10.1. The van der Waals surface area contributed by atoms with E-state index in [4.69, 9.17) is 0 Å². The topological polar surface area (TPSA) is 75.4 Å². The van der Waals surface area contributed by atoms with Gasteiger partial charge in [-0.15, -0.1) is 0 Å². The molecule has 0 fully saturated rings. The Kier molecular flexibility index (Phi) is 5.16. The number of fused-ring (bicyclic) bond motifs is 1. The smallest absolute Gasteiger partial charge is 0.315 e. The summed E-state index contributed by atoms with van der Waals surface area (Å²) in [7, 11) is 0. The standard InChI is InChI=1S/C24H25N3O3/c1-15(2)26-14-19(27-16(3)25-23(29)22(28)21(27)24(26)30)20(17-10-6-4-7-11-17)18-12-8-5-9-13-18/h4-13,15,19-20,28H,14H2,1-3H3/t19-/m1/s1. The number of amides is 1. The number of hydrogen-bond donors (Lipinski definition) is 1. The Bertz CT molecular complexity index is 1080. The van der Waals surface area contributed by atoms with Crippen molar-refractivity contribution in [3.05, 3.63) is 93.7 Å². The number of aromatic hydroxyl groups is 1. The highest BCUT2D eigenvalue weighted by atomic mass is 16.3. The van der Waals surface area contributed by atoms with Gasteiger partial charge in [0, 0.05) is 18.5 Å². The van der Waals surface area contributed by atoms with Gasteiger partial charge in [-0.1, -0.05) is 60.7 Å². The van der Waals surface area contributed by atoms with E-state index in [9.17, 15) is 14.7 Å². The summed E-state index contributed by atoms with van der Waals surface area (Å²) in [6, 6.07) is 19.9. The van der Waals surface area contributed by atoms with E-state index in [0.29, 0.717) is 12.4 Å². The maximum Gasteiger partial charge on any atom is 0.315 e. The molecule has 0 unspecified atom stereocenters. The number of carbonyl (C=O) groups is 1. The Balaban J connectivity index is 2.00. The zero-order valence-corrected chi connectivity index (χ0v) is 17.3. The van der Waals surface area contributed by atoms with Gasteiger partial charge >= 0.3 is 5.56 Å². The molecule has 2 aromatic carbocycles. The van der Waals surface area contributed by atoms with Gasteiger partial charge in [0.15, 0.2) is 5.69 Å². The summed E-state index contributed by atoms with van der Waals surface area (Å²) >= 11 is 0. The molecule has 6 heteroatoms. The van der Waals surface area contributed by atoms with Gasteiger partial charge in [-0.3, -0.25) is 9.59 Å². The fraction of sp³-hybridized carbons (Fsp3) is 0.292. The van der Waals surface area contributed by atoms with Crippen LogP contribution in [0.1, 0.15) is 53.2 Å². The third-order valence-corrected chi connectivity index (χ3v) is 5.78. The van der Waals surface area contributed by atoms with E-state index >= 15 is 0 Å². The van der Waals surface area contributed by atoms with Crippen LogP contribution in [0.2, 0.25) is 0 Å². The fourth-order valence-electron chi connectivity index (χ4n) is 4.40. The van der Waals surface area contributed by atoms with Crippen LogP contribution in [0.4, 0.5) is 0 Å². The van der Waals surface area contributed by atoms with Crippen LogP contribution in [0.25, 0.3) is 0 Å². The molecule has 4 rings (SSSR count). The zero-order valence-electron chi connectivity index (χ0n) is 17.3. The average molecular weight is 403 g/mol. The number of aryl methyl sites for hydroxylation is 1. The maximum absolute atomic E-state index is 13.2. The Morgan fingerprint density at radius 1 is 0.967 bits per heavy atom. The van der Waals surface area contributed by atoms with E-state index in [-0.39, 0.29) is 29.6 Å². The van der Waals surface area contributed by atoms with Crippen LogP contribution in [0.15, 0.2) is 65.5 Å². The molecule has 154 valence electrons. The van der Waals surface area contributed by atoms with Crippen LogP contribution >= 0.6 is 0 Å². The molecule has 1 atom stereocenters. The number of benzene rings is 2. The quantitative estimate of drug-likeness (QED) is 0.724. The predicted octanol–water partition coefficient (Wildman–Crippen LogP) is 3.49. The van der Waals surface area contributed by atoms with E-state index in [0.717, 1.165) is 11.1 Å². The molecule has 1 N–H and O–H groups in total. The summed E-state index contributed by atoms with van der Waals surface area (Å²) in [4.78, 5) is 31.1. The van der Waals surface area contributed by atoms with Crippen molar-refractivity contribution in [2.45, 2.75) is 38.8 Å². The van der Waals surface area contributed by atoms with Gasteiger partial charge < -0.3 is 14.6 Å². The highest BCUT2D eigenvalue weighted by Crippen LogP contribution is 2.40. The lowest BCUT2D eigenvalue weighted by Crippen LogP contribution is -2.49. The molecule has 1 aromatic heterocycles. The third kappa shape index (κ3) is 3.28. The van der Waals surface area contributed by atoms with Gasteiger partial charge in [-0.05, 0) is 31.9 Å². The first kappa shape index (κ1) is 19.9.